The first kappa shape index (κ1) is 20.7. The van der Waals surface area contributed by atoms with E-state index in [2.05, 4.69) is 0 Å². The van der Waals surface area contributed by atoms with E-state index < -0.39 is 12.1 Å². The molecular weight excluding hydrogens is 382 g/mol. The highest BCUT2D eigenvalue weighted by Gasteiger charge is 2.14. The number of hydrogen-bond donors (Lipinski definition) is 0. The number of aromatic nitrogens is 2. The summed E-state index contributed by atoms with van der Waals surface area (Å²) >= 11 is 0. The zero-order valence-electron chi connectivity index (χ0n) is 16.9. The molecule has 7 nitrogen and oxygen atoms in total. The number of methoxy groups -OCH3 is 2. The third kappa shape index (κ3) is 4.67. The van der Waals surface area contributed by atoms with Gasteiger partial charge in [-0.2, -0.15) is 10.4 Å². The van der Waals surface area contributed by atoms with Crippen LogP contribution in [0.15, 0.2) is 60.8 Å². The fourth-order valence-corrected chi connectivity index (χ4v) is 2.83. The molecule has 0 aliphatic carbocycles. The average molecular weight is 403 g/mol. The van der Waals surface area contributed by atoms with Crippen LogP contribution in [0.3, 0.4) is 0 Å². The van der Waals surface area contributed by atoms with Gasteiger partial charge in [-0.25, -0.2) is 9.48 Å². The van der Waals surface area contributed by atoms with Crippen molar-refractivity contribution < 1.29 is 19.0 Å². The number of carbonyl (C=O) groups excluding carboxylic acids is 1. The molecule has 0 aliphatic rings. The number of rotatable bonds is 7. The van der Waals surface area contributed by atoms with Crippen molar-refractivity contribution in [2.24, 2.45) is 0 Å². The van der Waals surface area contributed by atoms with E-state index in [1.165, 1.54) is 13.0 Å². The number of carbonyl (C=O) groups is 1. The average Bonchev–Trinajstić information content (AvgIpc) is 3.22. The van der Waals surface area contributed by atoms with Crippen LogP contribution in [0.1, 0.15) is 12.5 Å². The minimum Gasteiger partial charge on any atom is -0.493 e. The van der Waals surface area contributed by atoms with Crippen LogP contribution in [-0.2, 0) is 9.53 Å². The monoisotopic (exact) mass is 403 g/mol. The maximum absolute atomic E-state index is 12.0. The molecular formula is C23H21N3O4. The molecule has 2 aromatic carbocycles. The fraction of sp³-hybridized carbons (Fsp3) is 0.174. The zero-order valence-corrected chi connectivity index (χ0v) is 16.9. The van der Waals surface area contributed by atoms with Crippen LogP contribution in [0.25, 0.3) is 23.0 Å². The molecule has 0 N–H and O–H groups in total. The van der Waals surface area contributed by atoms with Crippen molar-refractivity contribution in [1.82, 2.24) is 9.78 Å². The predicted octanol–water partition coefficient (Wildman–Crippen LogP) is 4.02. The number of hydrogen-bond acceptors (Lipinski definition) is 6. The second-order valence-electron chi connectivity index (χ2n) is 6.32. The SMILES string of the molecule is COc1ccc(-c2nn(-c3ccccc3)cc2/C=C/C(=O)O[C@@H](C)C#N)cc1OC. The van der Waals surface area contributed by atoms with Gasteiger partial charge in [0.1, 0.15) is 11.8 Å². The minimum atomic E-state index is -0.820. The van der Waals surface area contributed by atoms with E-state index in [-0.39, 0.29) is 0 Å². The maximum Gasteiger partial charge on any atom is 0.332 e. The number of nitrogens with zero attached hydrogens (tertiary/aromatic N) is 3. The van der Waals surface area contributed by atoms with Gasteiger partial charge in [0.15, 0.2) is 17.6 Å². The molecule has 0 spiro atoms. The second-order valence-corrected chi connectivity index (χ2v) is 6.32. The van der Waals surface area contributed by atoms with Gasteiger partial charge < -0.3 is 14.2 Å². The van der Waals surface area contributed by atoms with Crippen molar-refractivity contribution in [3.8, 4) is 34.5 Å². The first-order chi connectivity index (χ1) is 14.5. The summed E-state index contributed by atoms with van der Waals surface area (Å²) in [5.74, 6) is 0.575. The molecule has 0 bridgehead atoms. The van der Waals surface area contributed by atoms with Gasteiger partial charge in [-0.1, -0.05) is 18.2 Å². The van der Waals surface area contributed by atoms with E-state index in [1.54, 1.807) is 31.0 Å². The van der Waals surface area contributed by atoms with Crippen LogP contribution in [0.5, 0.6) is 11.5 Å². The maximum atomic E-state index is 12.0. The van der Waals surface area contributed by atoms with E-state index in [0.717, 1.165) is 11.3 Å². The number of benzene rings is 2. The zero-order chi connectivity index (χ0) is 21.5. The van der Waals surface area contributed by atoms with Crippen molar-refractivity contribution in [2.75, 3.05) is 14.2 Å². The Balaban J connectivity index is 2.04. The third-order valence-corrected chi connectivity index (χ3v) is 4.29. The van der Waals surface area contributed by atoms with Gasteiger partial charge in [0, 0.05) is 23.4 Å². The van der Waals surface area contributed by atoms with Crippen LogP contribution in [-0.4, -0.2) is 36.1 Å². The van der Waals surface area contributed by atoms with Crippen LogP contribution < -0.4 is 9.47 Å². The van der Waals surface area contributed by atoms with Crippen molar-refractivity contribution in [1.29, 1.82) is 5.26 Å². The Morgan fingerprint density at radius 1 is 1.13 bits per heavy atom. The summed E-state index contributed by atoms with van der Waals surface area (Å²) in [6.45, 7) is 1.51. The lowest BCUT2D eigenvalue weighted by atomic mass is 10.1. The molecule has 3 rings (SSSR count). The van der Waals surface area contributed by atoms with Crippen LogP contribution in [0.2, 0.25) is 0 Å². The van der Waals surface area contributed by atoms with Gasteiger partial charge in [-0.3, -0.25) is 0 Å². The Bertz CT molecular complexity index is 1100. The standard InChI is InChI=1S/C23H21N3O4/c1-16(14-24)30-22(27)12-10-18-15-26(19-7-5-4-6-8-19)25-23(18)17-9-11-20(28-2)21(13-17)29-3/h4-13,15-16H,1-3H3/b12-10+/t16-/m0/s1. The van der Waals surface area contributed by atoms with Gasteiger partial charge in [0.25, 0.3) is 0 Å². The lowest BCUT2D eigenvalue weighted by Crippen LogP contribution is -2.10. The molecule has 1 aromatic heterocycles. The summed E-state index contributed by atoms with van der Waals surface area (Å²) in [5, 5.41) is 13.5. The fourth-order valence-electron chi connectivity index (χ4n) is 2.83. The van der Waals surface area contributed by atoms with Gasteiger partial charge in [-0.05, 0) is 43.3 Å². The Labute approximate surface area is 174 Å². The number of para-hydroxylation sites is 1. The molecule has 152 valence electrons. The van der Waals surface area contributed by atoms with Gasteiger partial charge in [0.2, 0.25) is 0 Å². The first-order valence-corrected chi connectivity index (χ1v) is 9.21. The number of nitriles is 1. The third-order valence-electron chi connectivity index (χ3n) is 4.29. The molecule has 3 aromatic rings. The Morgan fingerprint density at radius 3 is 2.53 bits per heavy atom. The summed E-state index contributed by atoms with van der Waals surface area (Å²) in [6, 6.07) is 17.0. The largest absolute Gasteiger partial charge is 0.493 e. The minimum absolute atomic E-state index is 0.571. The van der Waals surface area contributed by atoms with Crippen LogP contribution >= 0.6 is 0 Å². The molecule has 0 saturated heterocycles. The molecule has 7 heteroatoms. The Hall–Kier alpha value is -4.05. The van der Waals surface area contributed by atoms with E-state index in [4.69, 9.17) is 24.6 Å². The molecule has 30 heavy (non-hydrogen) atoms. The molecule has 0 saturated carbocycles. The summed E-state index contributed by atoms with van der Waals surface area (Å²) < 4.78 is 17.4. The molecule has 0 fully saturated rings. The Morgan fingerprint density at radius 2 is 1.87 bits per heavy atom. The highest BCUT2D eigenvalue weighted by molar-refractivity contribution is 5.89. The summed E-state index contributed by atoms with van der Waals surface area (Å²) in [4.78, 5) is 12.0. The van der Waals surface area contributed by atoms with Crippen LogP contribution in [0.4, 0.5) is 0 Å². The summed E-state index contributed by atoms with van der Waals surface area (Å²) in [6.07, 6.45) is 3.90. The van der Waals surface area contributed by atoms with E-state index in [0.29, 0.717) is 22.8 Å². The van der Waals surface area contributed by atoms with E-state index in [1.807, 2.05) is 54.7 Å². The normalized spacial score (nSPS) is 11.7. The van der Waals surface area contributed by atoms with Crippen molar-refractivity contribution in [2.45, 2.75) is 13.0 Å². The van der Waals surface area contributed by atoms with Crippen LogP contribution in [0, 0.1) is 11.3 Å². The predicted molar refractivity (Wildman–Crippen MR) is 112 cm³/mol. The van der Waals surface area contributed by atoms with E-state index >= 15 is 0 Å². The summed E-state index contributed by atoms with van der Waals surface area (Å²) in [7, 11) is 3.14. The number of ether oxygens (including phenoxy) is 3. The van der Waals surface area contributed by atoms with Gasteiger partial charge >= 0.3 is 5.97 Å². The smallest absolute Gasteiger partial charge is 0.332 e. The summed E-state index contributed by atoms with van der Waals surface area (Å²) in [5.41, 5.74) is 3.02. The topological polar surface area (TPSA) is 86.4 Å². The second kappa shape index (κ2) is 9.43. The molecule has 0 aliphatic heterocycles. The lowest BCUT2D eigenvalue weighted by molar-refractivity contribution is -0.139. The molecule has 0 unspecified atom stereocenters. The highest BCUT2D eigenvalue weighted by Crippen LogP contribution is 2.33. The van der Waals surface area contributed by atoms with Gasteiger partial charge in [0.05, 0.1) is 19.9 Å². The Kier molecular flexibility index (Phi) is 6.50. The van der Waals surface area contributed by atoms with Crippen molar-refractivity contribution in [3.05, 3.63) is 66.4 Å². The molecule has 1 heterocycles. The van der Waals surface area contributed by atoms with E-state index in [9.17, 15) is 4.79 Å². The molecule has 1 atom stereocenters. The molecule has 0 amide bonds. The quantitative estimate of drug-likeness (QED) is 0.437. The van der Waals surface area contributed by atoms with Crippen molar-refractivity contribution >= 4 is 12.0 Å². The number of esters is 1. The first-order valence-electron chi connectivity index (χ1n) is 9.21. The van der Waals surface area contributed by atoms with Gasteiger partial charge in [-0.15, -0.1) is 0 Å². The highest BCUT2D eigenvalue weighted by atomic mass is 16.5. The molecule has 0 radical (unpaired) electrons. The van der Waals surface area contributed by atoms with Crippen molar-refractivity contribution in [3.63, 3.8) is 0 Å². The lowest BCUT2D eigenvalue weighted by Gasteiger charge is -2.09.